The summed E-state index contributed by atoms with van der Waals surface area (Å²) in [6.07, 6.45) is 3.47. The topological polar surface area (TPSA) is 41.3 Å². The van der Waals surface area contributed by atoms with Crippen LogP contribution in [0.15, 0.2) is 46.9 Å². The van der Waals surface area contributed by atoms with Crippen LogP contribution in [0.5, 0.6) is 0 Å². The first-order valence-electron chi connectivity index (χ1n) is 10.8. The molecule has 0 spiro atoms. The van der Waals surface area contributed by atoms with Crippen LogP contribution in [-0.2, 0) is 6.42 Å². The molecule has 160 valence electrons. The van der Waals surface area contributed by atoms with Crippen molar-refractivity contribution in [3.8, 4) is 0 Å². The zero-order valence-corrected chi connectivity index (χ0v) is 19.1. The van der Waals surface area contributed by atoms with Crippen LogP contribution in [0, 0.1) is 11.8 Å². The van der Waals surface area contributed by atoms with Gasteiger partial charge in [0.1, 0.15) is 5.52 Å². The maximum Gasteiger partial charge on any atom is 0.295 e. The van der Waals surface area contributed by atoms with Crippen molar-refractivity contribution in [2.24, 2.45) is 11.8 Å². The van der Waals surface area contributed by atoms with Crippen molar-refractivity contribution in [2.75, 3.05) is 25.0 Å². The van der Waals surface area contributed by atoms with Crippen LogP contribution in [0.1, 0.15) is 32.3 Å². The van der Waals surface area contributed by atoms with E-state index >= 15 is 0 Å². The van der Waals surface area contributed by atoms with Crippen molar-refractivity contribution in [2.45, 2.75) is 39.2 Å². The monoisotopic (exact) mass is 445 g/mol. The Morgan fingerprint density at radius 3 is 2.57 bits per heavy atom. The Balaban J connectivity index is 1.31. The number of anilines is 1. The van der Waals surface area contributed by atoms with Gasteiger partial charge in [-0.15, -0.1) is 0 Å². The van der Waals surface area contributed by atoms with Crippen molar-refractivity contribution >= 4 is 40.3 Å². The van der Waals surface area contributed by atoms with Gasteiger partial charge >= 0.3 is 0 Å². The van der Waals surface area contributed by atoms with E-state index in [1.807, 2.05) is 36.4 Å². The number of para-hydroxylation sites is 2. The number of nitrogens with one attached hydrogen (secondary N) is 1. The Bertz CT molecular complexity index is 946. The highest BCUT2D eigenvalue weighted by Gasteiger charge is 2.24. The molecule has 1 aromatic heterocycles. The minimum Gasteiger partial charge on any atom is -0.424 e. The van der Waals surface area contributed by atoms with E-state index in [1.54, 1.807) is 0 Å². The Labute approximate surface area is 188 Å². The molecule has 1 aliphatic heterocycles. The van der Waals surface area contributed by atoms with Gasteiger partial charge in [0, 0.05) is 12.6 Å². The second-order valence-corrected chi connectivity index (χ2v) is 9.49. The second-order valence-electron chi connectivity index (χ2n) is 8.68. The van der Waals surface area contributed by atoms with Crippen LogP contribution < -0.4 is 5.32 Å². The normalized spacial score (nSPS) is 17.0. The molecule has 0 bridgehead atoms. The zero-order valence-electron chi connectivity index (χ0n) is 17.6. The lowest BCUT2D eigenvalue weighted by molar-refractivity contribution is 0.169. The smallest absolute Gasteiger partial charge is 0.295 e. The van der Waals surface area contributed by atoms with Crippen LogP contribution in [0.3, 0.4) is 0 Å². The minimum absolute atomic E-state index is 0.296. The van der Waals surface area contributed by atoms with E-state index < -0.39 is 0 Å². The van der Waals surface area contributed by atoms with Gasteiger partial charge in [0.15, 0.2) is 5.58 Å². The molecule has 0 saturated carbocycles. The second kappa shape index (κ2) is 9.59. The van der Waals surface area contributed by atoms with E-state index in [2.05, 4.69) is 35.1 Å². The van der Waals surface area contributed by atoms with Crippen LogP contribution in [0.25, 0.3) is 11.1 Å². The molecule has 0 radical (unpaired) electrons. The first kappa shape index (κ1) is 21.5. The molecule has 4 nitrogen and oxygen atoms in total. The van der Waals surface area contributed by atoms with Gasteiger partial charge in [0.2, 0.25) is 0 Å². The Hall–Kier alpha value is -1.75. The molecular formula is C24H29Cl2N3O. The van der Waals surface area contributed by atoms with Crippen molar-refractivity contribution in [1.82, 2.24) is 9.88 Å². The SMILES string of the molecule is CC(C)C(CN1CCC(Cc2ccc(Cl)c(Cl)c2)CC1)Nc1nc2ccccc2o1. The van der Waals surface area contributed by atoms with Gasteiger partial charge < -0.3 is 14.6 Å². The quantitative estimate of drug-likeness (QED) is 0.448. The largest absolute Gasteiger partial charge is 0.424 e. The van der Waals surface area contributed by atoms with Gasteiger partial charge in [-0.1, -0.05) is 55.2 Å². The first-order valence-corrected chi connectivity index (χ1v) is 11.5. The van der Waals surface area contributed by atoms with Gasteiger partial charge in [-0.2, -0.15) is 4.98 Å². The fraction of sp³-hybridized carbons (Fsp3) is 0.458. The fourth-order valence-corrected chi connectivity index (χ4v) is 4.49. The lowest BCUT2D eigenvalue weighted by Gasteiger charge is -2.35. The number of hydrogen-bond donors (Lipinski definition) is 1. The molecule has 1 saturated heterocycles. The third-order valence-corrected chi connectivity index (χ3v) is 6.82. The summed E-state index contributed by atoms with van der Waals surface area (Å²) in [4.78, 5) is 7.14. The number of fused-ring (bicyclic) bond motifs is 1. The molecule has 1 unspecified atom stereocenters. The standard InChI is InChI=1S/C24H29Cl2N3O/c1-16(2)22(28-24-27-21-5-3-4-6-23(21)30-24)15-29-11-9-17(10-12-29)13-18-7-8-19(25)20(26)14-18/h3-8,14,16-17,22H,9-13,15H2,1-2H3,(H,27,28). The van der Waals surface area contributed by atoms with Crippen molar-refractivity contribution in [1.29, 1.82) is 0 Å². The average Bonchev–Trinajstić information content (AvgIpc) is 3.14. The number of piperidine rings is 1. The average molecular weight is 446 g/mol. The molecule has 2 aromatic carbocycles. The minimum atomic E-state index is 0.296. The summed E-state index contributed by atoms with van der Waals surface area (Å²) in [5, 5.41) is 4.81. The third kappa shape index (κ3) is 5.29. The zero-order chi connectivity index (χ0) is 21.1. The number of halogens is 2. The number of likely N-dealkylation sites (tertiary alicyclic amines) is 1. The van der Waals surface area contributed by atoms with Crippen molar-refractivity contribution < 1.29 is 4.42 Å². The molecule has 4 rings (SSSR count). The van der Waals surface area contributed by atoms with E-state index in [9.17, 15) is 0 Å². The highest BCUT2D eigenvalue weighted by atomic mass is 35.5. The first-order chi connectivity index (χ1) is 14.5. The van der Waals surface area contributed by atoms with E-state index in [1.165, 1.54) is 18.4 Å². The van der Waals surface area contributed by atoms with E-state index in [0.717, 1.165) is 37.2 Å². The summed E-state index contributed by atoms with van der Waals surface area (Å²) in [5.41, 5.74) is 3.00. The van der Waals surface area contributed by atoms with Crippen LogP contribution in [0.2, 0.25) is 10.0 Å². The number of nitrogens with zero attached hydrogens (tertiary/aromatic N) is 2. The van der Waals surface area contributed by atoms with Gasteiger partial charge in [0.25, 0.3) is 6.01 Å². The number of oxazole rings is 1. The van der Waals surface area contributed by atoms with Gasteiger partial charge in [-0.25, -0.2) is 0 Å². The maximum absolute atomic E-state index is 6.17. The molecular weight excluding hydrogens is 417 g/mol. The molecule has 2 heterocycles. The molecule has 1 aliphatic rings. The highest BCUT2D eigenvalue weighted by molar-refractivity contribution is 6.42. The molecule has 30 heavy (non-hydrogen) atoms. The van der Waals surface area contributed by atoms with E-state index in [0.29, 0.717) is 33.9 Å². The summed E-state index contributed by atoms with van der Waals surface area (Å²) >= 11 is 12.2. The molecule has 1 fully saturated rings. The van der Waals surface area contributed by atoms with Gasteiger partial charge in [0.05, 0.1) is 10.0 Å². The van der Waals surface area contributed by atoms with Crippen LogP contribution >= 0.6 is 23.2 Å². The summed E-state index contributed by atoms with van der Waals surface area (Å²) in [7, 11) is 0. The van der Waals surface area contributed by atoms with Crippen molar-refractivity contribution in [3.05, 3.63) is 58.1 Å². The fourth-order valence-electron chi connectivity index (χ4n) is 4.17. The number of hydrogen-bond acceptors (Lipinski definition) is 4. The molecule has 3 aromatic rings. The molecule has 0 amide bonds. The summed E-state index contributed by atoms with van der Waals surface area (Å²) in [6.45, 7) is 7.72. The van der Waals surface area contributed by atoms with Crippen LogP contribution in [-0.4, -0.2) is 35.6 Å². The van der Waals surface area contributed by atoms with Crippen LogP contribution in [0.4, 0.5) is 6.01 Å². The number of benzene rings is 2. The summed E-state index contributed by atoms with van der Waals surface area (Å²) in [6, 6.07) is 14.8. The third-order valence-electron chi connectivity index (χ3n) is 6.08. The molecule has 0 aliphatic carbocycles. The van der Waals surface area contributed by atoms with Crippen molar-refractivity contribution in [3.63, 3.8) is 0 Å². The lowest BCUT2D eigenvalue weighted by atomic mass is 9.89. The summed E-state index contributed by atoms with van der Waals surface area (Å²) < 4.78 is 5.88. The summed E-state index contributed by atoms with van der Waals surface area (Å²) in [5.74, 6) is 1.18. The Morgan fingerprint density at radius 1 is 1.10 bits per heavy atom. The molecule has 1 atom stereocenters. The highest BCUT2D eigenvalue weighted by Crippen LogP contribution is 2.27. The van der Waals surface area contributed by atoms with E-state index in [4.69, 9.17) is 27.6 Å². The predicted molar refractivity (Wildman–Crippen MR) is 126 cm³/mol. The Morgan fingerprint density at radius 2 is 1.87 bits per heavy atom. The number of rotatable bonds is 7. The van der Waals surface area contributed by atoms with E-state index in [-0.39, 0.29) is 0 Å². The van der Waals surface area contributed by atoms with Gasteiger partial charge in [-0.05, 0) is 74.0 Å². The van der Waals surface area contributed by atoms with Gasteiger partial charge in [-0.3, -0.25) is 0 Å². The maximum atomic E-state index is 6.17. The Kier molecular flexibility index (Phi) is 6.87. The predicted octanol–water partition coefficient (Wildman–Crippen LogP) is 6.53. The number of aromatic nitrogens is 1. The molecule has 6 heteroatoms. The molecule has 1 N–H and O–H groups in total. The lowest BCUT2D eigenvalue weighted by Crippen LogP contribution is -2.43.